The summed E-state index contributed by atoms with van der Waals surface area (Å²) in [6, 6.07) is 22.1. The molecule has 0 saturated heterocycles. The molecule has 12 N–H and O–H groups in total. The quantitative estimate of drug-likeness (QED) is 0.0213. The number of hydrogen-bond donors (Lipinski definition) is 9. The highest BCUT2D eigenvalue weighted by Crippen LogP contribution is 2.40. The van der Waals surface area contributed by atoms with Crippen LogP contribution in [0.3, 0.4) is 0 Å². The third-order valence-corrected chi connectivity index (χ3v) is 15.8. The molecule has 448 valence electrons. The lowest BCUT2D eigenvalue weighted by atomic mass is 9.74. The van der Waals surface area contributed by atoms with Gasteiger partial charge in [0.15, 0.2) is 0 Å². The number of benzene rings is 4. The normalized spacial score (nSPS) is 16.5. The lowest BCUT2D eigenvalue weighted by Gasteiger charge is -2.41. The molecule has 0 aliphatic heterocycles. The number of hydrogen-bond acceptors (Lipinski definition) is 9. The molecule has 4 aromatic rings. The fraction of sp³-hybridized carbons (Fsp3) is 0.562. The van der Waals surface area contributed by atoms with Crippen LogP contribution in [0.1, 0.15) is 190 Å². The first-order chi connectivity index (χ1) is 37.8. The van der Waals surface area contributed by atoms with Gasteiger partial charge in [-0.05, 0) is 133 Å². The van der Waals surface area contributed by atoms with E-state index in [1.165, 1.54) is 46.5 Å². The van der Waals surface area contributed by atoms with Crippen LogP contribution in [-0.2, 0) is 53.9 Å². The van der Waals surface area contributed by atoms with Gasteiger partial charge in [-0.2, -0.15) is 0 Å². The van der Waals surface area contributed by atoms with Crippen molar-refractivity contribution in [3.8, 4) is 0 Å². The summed E-state index contributed by atoms with van der Waals surface area (Å²) in [5, 5.41) is 44.5. The van der Waals surface area contributed by atoms with Gasteiger partial charge in [-0.1, -0.05) is 129 Å². The smallest absolute Gasteiger partial charge is 0.303 e. The highest BCUT2D eigenvalue weighted by Gasteiger charge is 2.37. The van der Waals surface area contributed by atoms with Crippen LogP contribution in [-0.4, -0.2) is 76.4 Å². The molecule has 2 aliphatic rings. The summed E-state index contributed by atoms with van der Waals surface area (Å²) in [6.45, 7) is 13.5. The van der Waals surface area contributed by atoms with Crippen molar-refractivity contribution in [2.75, 3.05) is 13.1 Å². The molecule has 0 heterocycles. The zero-order valence-corrected chi connectivity index (χ0v) is 48.7. The third-order valence-electron chi connectivity index (χ3n) is 15.8. The van der Waals surface area contributed by atoms with Gasteiger partial charge >= 0.3 is 5.97 Å². The Kier molecular flexibility index (Phi) is 26.5. The van der Waals surface area contributed by atoms with Crippen LogP contribution in [0.15, 0.2) is 84.9 Å². The van der Waals surface area contributed by atoms with E-state index in [4.69, 9.17) is 10.8 Å². The predicted molar refractivity (Wildman–Crippen MR) is 311 cm³/mol. The summed E-state index contributed by atoms with van der Waals surface area (Å²) in [6.07, 6.45) is 10.5. The molecule has 13 nitrogen and oxygen atoms in total. The number of carbonyl (C=O) groups excluding carboxylic acids is 3. The van der Waals surface area contributed by atoms with Gasteiger partial charge in [-0.15, -0.1) is 0 Å². The van der Waals surface area contributed by atoms with E-state index in [0.717, 1.165) is 76.3 Å². The van der Waals surface area contributed by atoms with Crippen LogP contribution in [0.25, 0.3) is 0 Å². The molecule has 0 unspecified atom stereocenters. The first-order valence-corrected chi connectivity index (χ1v) is 28.8. The zero-order valence-electron chi connectivity index (χ0n) is 48.7. The van der Waals surface area contributed by atoms with Crippen LogP contribution in [0.4, 0.5) is 17.6 Å². The average molecular weight is 1130 g/mol. The van der Waals surface area contributed by atoms with Crippen molar-refractivity contribution in [2.24, 2.45) is 5.73 Å². The summed E-state index contributed by atoms with van der Waals surface area (Å²) in [7, 11) is 0. The number of nitrogens with two attached hydrogens (primary N) is 1. The van der Waals surface area contributed by atoms with Crippen molar-refractivity contribution in [1.82, 2.24) is 27.4 Å². The summed E-state index contributed by atoms with van der Waals surface area (Å²) >= 11 is 0. The van der Waals surface area contributed by atoms with Crippen LogP contribution >= 0.6 is 0 Å². The number of primary amides is 1. The molecule has 6 rings (SSSR count). The zero-order chi connectivity index (χ0) is 58.7. The number of amides is 3. The van der Waals surface area contributed by atoms with Crippen molar-refractivity contribution in [2.45, 2.75) is 216 Å². The van der Waals surface area contributed by atoms with E-state index < -0.39 is 59.4 Å². The van der Waals surface area contributed by atoms with Crippen molar-refractivity contribution in [3.05, 3.63) is 142 Å². The number of aliphatic hydroxyl groups is 2. The molecule has 4 aromatic carbocycles. The summed E-state index contributed by atoms with van der Waals surface area (Å²) in [5.41, 5.74) is 10.1. The molecule has 0 bridgehead atoms. The van der Waals surface area contributed by atoms with E-state index in [-0.39, 0.29) is 91.5 Å². The topological polar surface area (TPSA) is 238 Å². The van der Waals surface area contributed by atoms with Crippen molar-refractivity contribution in [1.29, 1.82) is 0 Å². The number of nitrogens with one attached hydrogen (secondary N) is 4. The van der Waals surface area contributed by atoms with Crippen molar-refractivity contribution < 1.29 is 52.1 Å². The lowest BCUT2D eigenvalue weighted by Crippen LogP contribution is -2.53. The Hall–Kier alpha value is -5.72. The Labute approximate surface area is 478 Å². The van der Waals surface area contributed by atoms with E-state index in [9.17, 15) is 47.0 Å². The molecule has 0 radical (unpaired) electrons. The fourth-order valence-electron chi connectivity index (χ4n) is 11.1. The van der Waals surface area contributed by atoms with E-state index in [2.05, 4.69) is 111 Å². The summed E-state index contributed by atoms with van der Waals surface area (Å²) < 4.78 is 55.7. The number of carboxylic acids is 1. The summed E-state index contributed by atoms with van der Waals surface area (Å²) in [5.74, 6) is -4.83. The lowest BCUT2D eigenvalue weighted by molar-refractivity contribution is -0.137. The first-order valence-electron chi connectivity index (χ1n) is 28.8. The SMILES string of the molecule is CC(C)(C)c1cccc(C2(NC[C@@H](O)[C@H](Cc3cc(F)cc(F)c3)NC(=O)CCCCC(=O)O)CCCCC2)c1.CC(C)(C)c1cccc(C2(NC[C@@H](O)[C@H](Cc3cc(F)cc(F)c3)NC(=O)CCCCC(N)=O)CCCCC2)c1.N. The molecule has 17 heteroatoms. The Morgan fingerprint density at radius 3 is 1.21 bits per heavy atom. The second-order valence-corrected chi connectivity index (χ2v) is 24.4. The van der Waals surface area contributed by atoms with E-state index >= 15 is 0 Å². The van der Waals surface area contributed by atoms with Crippen LogP contribution in [0.2, 0.25) is 0 Å². The standard InChI is InChI=1S/C32H45F2N3O3.C32H44F2N2O4.H3N/c1-31(2,3)23-10-9-11-24(19-23)32(14-7-4-8-15-32)36-21-28(38)27(18-22-16-25(33)20-26(34)17-22)37-30(40)13-6-5-12-29(35)39;1-31(2,3)23-10-9-11-24(19-23)32(14-7-4-8-15-32)35-21-28(37)27(18-22-16-25(33)20-26(34)17-22)36-29(38)12-5-6-13-30(39)40;/h9-11,16-17,19-20,27-28,36,38H,4-8,12-15,18,21H2,1-3H3,(H2,35,39)(H,37,40);9-11,16-17,19-20,27-28,35,37H,4-8,12-15,18,21H2,1-3H3,(H,36,38)(H,39,40);1H3/t2*27-,28+;/m00./s1. The minimum absolute atomic E-state index is 0. The average Bonchev–Trinajstić information content (AvgIpc) is 3.39. The van der Waals surface area contributed by atoms with E-state index in [1.54, 1.807) is 0 Å². The maximum atomic E-state index is 13.9. The third kappa shape index (κ3) is 22.2. The second kappa shape index (κ2) is 31.6. The number of halogens is 4. The van der Waals surface area contributed by atoms with Gasteiger partial charge in [-0.3, -0.25) is 19.2 Å². The molecular weight excluding hydrogens is 1040 g/mol. The molecule has 4 atom stereocenters. The van der Waals surface area contributed by atoms with Crippen LogP contribution in [0, 0.1) is 23.3 Å². The molecule has 2 saturated carbocycles. The van der Waals surface area contributed by atoms with Gasteiger partial charge in [0.05, 0.1) is 24.3 Å². The van der Waals surface area contributed by atoms with E-state index in [0.29, 0.717) is 36.8 Å². The monoisotopic (exact) mass is 1130 g/mol. The van der Waals surface area contributed by atoms with Gasteiger partial charge in [0, 0.05) is 62.0 Å². The van der Waals surface area contributed by atoms with Crippen molar-refractivity contribution >= 4 is 23.7 Å². The van der Waals surface area contributed by atoms with Gasteiger partial charge in [0.2, 0.25) is 17.7 Å². The molecule has 81 heavy (non-hydrogen) atoms. The summed E-state index contributed by atoms with van der Waals surface area (Å²) in [4.78, 5) is 47.2. The van der Waals surface area contributed by atoms with Gasteiger partial charge in [0.1, 0.15) is 23.3 Å². The van der Waals surface area contributed by atoms with Gasteiger partial charge < -0.3 is 48.5 Å². The highest BCUT2D eigenvalue weighted by molar-refractivity contribution is 5.77. The number of aliphatic hydroxyl groups excluding tert-OH is 2. The minimum atomic E-state index is -1.03. The van der Waals surface area contributed by atoms with Gasteiger partial charge in [0.25, 0.3) is 0 Å². The molecule has 3 amide bonds. The Morgan fingerprint density at radius 1 is 0.531 bits per heavy atom. The Morgan fingerprint density at radius 2 is 0.877 bits per heavy atom. The Balaban J connectivity index is 0.000000344. The predicted octanol–water partition coefficient (Wildman–Crippen LogP) is 11.1. The maximum Gasteiger partial charge on any atom is 0.303 e. The molecule has 2 aliphatic carbocycles. The number of carbonyl (C=O) groups is 4. The first kappa shape index (κ1) is 67.8. The fourth-order valence-corrected chi connectivity index (χ4v) is 11.1. The molecular formula is C64H92F4N6O7. The van der Waals surface area contributed by atoms with Crippen LogP contribution < -0.4 is 33.2 Å². The molecule has 0 spiro atoms. The number of unbranched alkanes of at least 4 members (excludes halogenated alkanes) is 2. The molecule has 2 fully saturated rings. The number of aliphatic carboxylic acids is 1. The second-order valence-electron chi connectivity index (χ2n) is 24.4. The highest BCUT2D eigenvalue weighted by atomic mass is 19.1. The molecule has 0 aromatic heterocycles. The number of carboxylic acid groups (broad SMARTS) is 1. The Bertz CT molecular complexity index is 2430. The van der Waals surface area contributed by atoms with Crippen molar-refractivity contribution in [3.63, 3.8) is 0 Å². The minimum Gasteiger partial charge on any atom is -0.481 e. The largest absolute Gasteiger partial charge is 0.481 e. The number of rotatable bonds is 26. The van der Waals surface area contributed by atoms with Crippen LogP contribution in [0.5, 0.6) is 0 Å². The van der Waals surface area contributed by atoms with E-state index in [1.807, 2.05) is 0 Å². The van der Waals surface area contributed by atoms with Gasteiger partial charge in [-0.25, -0.2) is 17.6 Å². The maximum absolute atomic E-state index is 13.9.